The maximum absolute atomic E-state index is 13.1. The molecule has 1 aliphatic rings. The fourth-order valence-electron chi connectivity index (χ4n) is 3.66. The van der Waals surface area contributed by atoms with Gasteiger partial charge in [-0.1, -0.05) is 60.7 Å². The molecule has 4 rings (SSSR count). The second-order valence-electron chi connectivity index (χ2n) is 9.30. The zero-order chi connectivity index (χ0) is 23.5. The van der Waals surface area contributed by atoms with Gasteiger partial charge in [-0.2, -0.15) is 0 Å². The van der Waals surface area contributed by atoms with Crippen molar-refractivity contribution in [1.29, 1.82) is 0 Å². The van der Waals surface area contributed by atoms with E-state index >= 15 is 0 Å². The monoisotopic (exact) mass is 443 g/mol. The predicted octanol–water partition coefficient (Wildman–Crippen LogP) is 4.95. The summed E-state index contributed by atoms with van der Waals surface area (Å²) in [6.45, 7) is 8.94. The number of benzene rings is 3. The molecule has 1 aliphatic heterocycles. The number of amides is 1. The second-order valence-corrected chi connectivity index (χ2v) is 9.30. The summed E-state index contributed by atoms with van der Waals surface area (Å²) in [4.78, 5) is 13.1. The van der Waals surface area contributed by atoms with E-state index in [4.69, 9.17) is 14.0 Å². The van der Waals surface area contributed by atoms with Crippen molar-refractivity contribution in [3.63, 3.8) is 0 Å². The Balaban J connectivity index is 1.43. The van der Waals surface area contributed by atoms with E-state index in [1.165, 1.54) is 0 Å². The van der Waals surface area contributed by atoms with Crippen molar-refractivity contribution >= 4 is 24.2 Å². The molecule has 3 aromatic rings. The summed E-state index contributed by atoms with van der Waals surface area (Å²) in [6.07, 6.45) is 0. The summed E-state index contributed by atoms with van der Waals surface area (Å²) in [5.74, 6) is -0.181. The molecule has 0 aliphatic carbocycles. The molecule has 3 aromatic carbocycles. The number of hydrogen-bond donors (Lipinski definition) is 1. The Morgan fingerprint density at radius 3 is 2.24 bits per heavy atom. The quantitative estimate of drug-likeness (QED) is 0.525. The largest absolute Gasteiger partial charge is 0.494 e. The molecule has 0 bridgehead atoms. The molecule has 0 unspecified atom stereocenters. The number of carbonyl (C=O) groups is 1. The minimum Gasteiger partial charge on any atom is -0.399 e. The number of ether oxygens (including phenoxy) is 1. The van der Waals surface area contributed by atoms with Gasteiger partial charge in [0.15, 0.2) is 0 Å². The summed E-state index contributed by atoms with van der Waals surface area (Å²) < 4.78 is 18.1. The van der Waals surface area contributed by atoms with Crippen molar-refractivity contribution in [2.45, 2.75) is 52.1 Å². The number of hydrogen-bond acceptors (Lipinski definition) is 4. The first-order chi connectivity index (χ1) is 15.7. The minimum atomic E-state index is -0.481. The molecule has 1 amide bonds. The van der Waals surface area contributed by atoms with Gasteiger partial charge in [-0.3, -0.25) is 4.79 Å². The van der Waals surface area contributed by atoms with Gasteiger partial charge < -0.3 is 19.4 Å². The second kappa shape index (κ2) is 9.52. The standard InChI is InChI=1S/C27H30BNO4/c1-26(2)27(3,4)33-28(32-26)22-14-10-15-23(17-22)29-25(30)24-16-9-8-13-21(24)19-31-18-20-11-6-5-7-12-20/h5-17H,18-19H2,1-4H3,(H,29,30). The highest BCUT2D eigenvalue weighted by Gasteiger charge is 2.51. The molecule has 1 N–H and O–H groups in total. The smallest absolute Gasteiger partial charge is 0.399 e. The lowest BCUT2D eigenvalue weighted by Crippen LogP contribution is -2.41. The molecule has 1 heterocycles. The van der Waals surface area contributed by atoms with Gasteiger partial charge in [-0.15, -0.1) is 0 Å². The first-order valence-corrected chi connectivity index (χ1v) is 11.2. The summed E-state index contributed by atoms with van der Waals surface area (Å²) in [5, 5.41) is 3.01. The molecule has 0 atom stereocenters. The lowest BCUT2D eigenvalue weighted by molar-refractivity contribution is 0.00578. The van der Waals surface area contributed by atoms with Crippen LogP contribution in [0.2, 0.25) is 0 Å². The Bertz CT molecular complexity index is 1100. The van der Waals surface area contributed by atoms with Crippen LogP contribution in [0.15, 0.2) is 78.9 Å². The zero-order valence-electron chi connectivity index (χ0n) is 19.6. The highest BCUT2D eigenvalue weighted by atomic mass is 16.7. The van der Waals surface area contributed by atoms with E-state index in [0.717, 1.165) is 16.6 Å². The van der Waals surface area contributed by atoms with Crippen LogP contribution >= 0.6 is 0 Å². The number of anilines is 1. The molecular formula is C27H30BNO4. The maximum Gasteiger partial charge on any atom is 0.494 e. The van der Waals surface area contributed by atoms with Gasteiger partial charge in [0.2, 0.25) is 0 Å². The van der Waals surface area contributed by atoms with E-state index in [1.54, 1.807) is 0 Å². The highest BCUT2D eigenvalue weighted by molar-refractivity contribution is 6.62. The average molecular weight is 443 g/mol. The number of nitrogens with one attached hydrogen (secondary N) is 1. The van der Waals surface area contributed by atoms with Crippen LogP contribution in [-0.4, -0.2) is 24.2 Å². The van der Waals surface area contributed by atoms with Crippen LogP contribution in [0.3, 0.4) is 0 Å². The number of carbonyl (C=O) groups excluding carboxylic acids is 1. The number of rotatable bonds is 7. The molecule has 6 heteroatoms. The molecule has 0 spiro atoms. The normalized spacial score (nSPS) is 16.5. The van der Waals surface area contributed by atoms with Gasteiger partial charge in [0.05, 0.1) is 24.4 Å². The fraction of sp³-hybridized carbons (Fsp3) is 0.296. The first kappa shape index (κ1) is 23.2. The fourth-order valence-corrected chi connectivity index (χ4v) is 3.66. The van der Waals surface area contributed by atoms with Gasteiger partial charge in [0.1, 0.15) is 0 Å². The van der Waals surface area contributed by atoms with Crippen LogP contribution in [0.1, 0.15) is 49.2 Å². The van der Waals surface area contributed by atoms with Gasteiger partial charge in [-0.25, -0.2) is 0 Å². The van der Waals surface area contributed by atoms with E-state index in [0.29, 0.717) is 24.5 Å². The van der Waals surface area contributed by atoms with Crippen molar-refractivity contribution < 1.29 is 18.8 Å². The molecule has 170 valence electrons. The molecule has 5 nitrogen and oxygen atoms in total. The Kier molecular flexibility index (Phi) is 6.70. The Hall–Kier alpha value is -2.93. The molecule has 33 heavy (non-hydrogen) atoms. The van der Waals surface area contributed by atoms with Crippen LogP contribution in [0.5, 0.6) is 0 Å². The maximum atomic E-state index is 13.1. The third kappa shape index (κ3) is 5.36. The van der Waals surface area contributed by atoms with E-state index in [9.17, 15) is 4.79 Å². The summed E-state index contributed by atoms with van der Waals surface area (Å²) in [7, 11) is -0.481. The third-order valence-electron chi connectivity index (χ3n) is 6.30. The topological polar surface area (TPSA) is 56.8 Å². The van der Waals surface area contributed by atoms with Gasteiger partial charge in [0.25, 0.3) is 5.91 Å². The zero-order valence-corrected chi connectivity index (χ0v) is 19.6. The minimum absolute atomic E-state index is 0.181. The molecule has 1 fully saturated rings. The summed E-state index contributed by atoms with van der Waals surface area (Å²) in [6, 6.07) is 25.1. The van der Waals surface area contributed by atoms with Crippen LogP contribution in [0, 0.1) is 0 Å². The Morgan fingerprint density at radius 2 is 1.52 bits per heavy atom. The highest BCUT2D eigenvalue weighted by Crippen LogP contribution is 2.36. The molecule has 0 radical (unpaired) electrons. The van der Waals surface area contributed by atoms with Crippen molar-refractivity contribution in [1.82, 2.24) is 0 Å². The molecular weight excluding hydrogens is 413 g/mol. The van der Waals surface area contributed by atoms with Crippen LogP contribution in [0.25, 0.3) is 0 Å². The molecule has 0 saturated carbocycles. The van der Waals surface area contributed by atoms with E-state index in [1.807, 2.05) is 107 Å². The van der Waals surface area contributed by atoms with Crippen molar-refractivity contribution in [3.05, 3.63) is 95.6 Å². The van der Waals surface area contributed by atoms with Crippen molar-refractivity contribution in [2.75, 3.05) is 5.32 Å². The van der Waals surface area contributed by atoms with Gasteiger partial charge >= 0.3 is 7.12 Å². The van der Waals surface area contributed by atoms with Gasteiger partial charge in [-0.05, 0) is 62.5 Å². The lowest BCUT2D eigenvalue weighted by atomic mass is 9.79. The van der Waals surface area contributed by atoms with Crippen molar-refractivity contribution in [3.8, 4) is 0 Å². The van der Waals surface area contributed by atoms with Gasteiger partial charge in [0, 0.05) is 11.3 Å². The molecule has 1 saturated heterocycles. The SMILES string of the molecule is CC1(C)OB(c2cccc(NC(=O)c3ccccc3COCc3ccccc3)c2)OC1(C)C. The Labute approximate surface area is 196 Å². The molecule has 0 aromatic heterocycles. The lowest BCUT2D eigenvalue weighted by Gasteiger charge is -2.32. The average Bonchev–Trinajstić information content (AvgIpc) is 3.02. The van der Waals surface area contributed by atoms with Crippen molar-refractivity contribution in [2.24, 2.45) is 0 Å². The van der Waals surface area contributed by atoms with E-state index in [2.05, 4.69) is 5.32 Å². The van der Waals surface area contributed by atoms with Crippen LogP contribution in [0.4, 0.5) is 5.69 Å². The third-order valence-corrected chi connectivity index (χ3v) is 6.30. The predicted molar refractivity (Wildman–Crippen MR) is 131 cm³/mol. The van der Waals surface area contributed by atoms with Crippen LogP contribution in [-0.2, 0) is 27.3 Å². The summed E-state index contributed by atoms with van der Waals surface area (Å²) >= 11 is 0. The van der Waals surface area contributed by atoms with E-state index in [-0.39, 0.29) is 5.91 Å². The van der Waals surface area contributed by atoms with E-state index < -0.39 is 18.3 Å². The van der Waals surface area contributed by atoms with Crippen LogP contribution < -0.4 is 10.8 Å². The Morgan fingerprint density at radius 1 is 0.848 bits per heavy atom. The summed E-state index contributed by atoms with van der Waals surface area (Å²) in [5.41, 5.74) is 3.24. The first-order valence-electron chi connectivity index (χ1n) is 11.2.